The standard InChI is InChI=1S/C15H22O2/c1-12-6-8-14(9-7-12)17-11-10-15(16)13-4-2-3-5-13/h6-9,13,15-16H,2-5,10-11H2,1H3. The molecule has 1 aromatic rings. The van der Waals surface area contributed by atoms with Gasteiger partial charge in [0, 0.05) is 6.42 Å². The average molecular weight is 234 g/mol. The van der Waals surface area contributed by atoms with Crippen LogP contribution in [0.25, 0.3) is 0 Å². The lowest BCUT2D eigenvalue weighted by Gasteiger charge is -2.17. The fourth-order valence-corrected chi connectivity index (χ4v) is 2.51. The van der Waals surface area contributed by atoms with Crippen LogP contribution in [0.1, 0.15) is 37.7 Å². The Morgan fingerprint density at radius 3 is 2.53 bits per heavy atom. The van der Waals surface area contributed by atoms with Crippen molar-refractivity contribution < 1.29 is 9.84 Å². The van der Waals surface area contributed by atoms with Crippen LogP contribution in [0.4, 0.5) is 0 Å². The molecule has 1 fully saturated rings. The molecule has 0 aliphatic heterocycles. The molecule has 0 spiro atoms. The summed E-state index contributed by atoms with van der Waals surface area (Å²) in [5, 5.41) is 9.99. The second-order valence-corrected chi connectivity index (χ2v) is 5.06. The summed E-state index contributed by atoms with van der Waals surface area (Å²) in [6.45, 7) is 2.67. The van der Waals surface area contributed by atoms with Crippen molar-refractivity contribution in [3.05, 3.63) is 29.8 Å². The van der Waals surface area contributed by atoms with Gasteiger partial charge in [-0.15, -0.1) is 0 Å². The lowest BCUT2D eigenvalue weighted by Crippen LogP contribution is -2.20. The van der Waals surface area contributed by atoms with E-state index in [2.05, 4.69) is 6.92 Å². The van der Waals surface area contributed by atoms with E-state index in [0.29, 0.717) is 12.5 Å². The first kappa shape index (κ1) is 12.4. The molecule has 0 radical (unpaired) electrons. The molecule has 94 valence electrons. The normalized spacial score (nSPS) is 18.2. The highest BCUT2D eigenvalue weighted by molar-refractivity contribution is 5.26. The third-order valence-corrected chi connectivity index (χ3v) is 3.65. The van der Waals surface area contributed by atoms with Gasteiger partial charge in [-0.2, -0.15) is 0 Å². The Kier molecular flexibility index (Phi) is 4.43. The molecule has 1 atom stereocenters. The minimum absolute atomic E-state index is 0.178. The first-order chi connectivity index (χ1) is 8.25. The van der Waals surface area contributed by atoms with E-state index in [9.17, 15) is 5.11 Å². The van der Waals surface area contributed by atoms with Gasteiger partial charge in [0.1, 0.15) is 5.75 Å². The summed E-state index contributed by atoms with van der Waals surface area (Å²) in [4.78, 5) is 0. The molecule has 17 heavy (non-hydrogen) atoms. The summed E-state index contributed by atoms with van der Waals surface area (Å²) < 4.78 is 5.63. The van der Waals surface area contributed by atoms with Gasteiger partial charge in [0.2, 0.25) is 0 Å². The zero-order valence-electron chi connectivity index (χ0n) is 10.6. The molecule has 1 aliphatic carbocycles. The first-order valence-electron chi connectivity index (χ1n) is 6.63. The maximum Gasteiger partial charge on any atom is 0.119 e. The number of hydrogen-bond donors (Lipinski definition) is 1. The quantitative estimate of drug-likeness (QED) is 0.847. The Morgan fingerprint density at radius 1 is 1.24 bits per heavy atom. The summed E-state index contributed by atoms with van der Waals surface area (Å²) in [5.74, 6) is 1.41. The summed E-state index contributed by atoms with van der Waals surface area (Å²) >= 11 is 0. The zero-order chi connectivity index (χ0) is 12.1. The minimum atomic E-state index is -0.178. The van der Waals surface area contributed by atoms with Crippen LogP contribution in [0.2, 0.25) is 0 Å². The highest BCUT2D eigenvalue weighted by Gasteiger charge is 2.22. The summed E-state index contributed by atoms with van der Waals surface area (Å²) in [6, 6.07) is 8.06. The fourth-order valence-electron chi connectivity index (χ4n) is 2.51. The van der Waals surface area contributed by atoms with Crippen molar-refractivity contribution in [2.45, 2.75) is 45.1 Å². The van der Waals surface area contributed by atoms with Crippen LogP contribution in [0.3, 0.4) is 0 Å². The van der Waals surface area contributed by atoms with Crippen LogP contribution in [-0.2, 0) is 0 Å². The van der Waals surface area contributed by atoms with Crippen LogP contribution in [0.15, 0.2) is 24.3 Å². The molecule has 0 bridgehead atoms. The van der Waals surface area contributed by atoms with Gasteiger partial charge in [0.05, 0.1) is 12.7 Å². The maximum absolute atomic E-state index is 9.99. The van der Waals surface area contributed by atoms with E-state index in [1.165, 1.54) is 31.2 Å². The van der Waals surface area contributed by atoms with Crippen molar-refractivity contribution in [2.24, 2.45) is 5.92 Å². The number of rotatable bonds is 5. The number of ether oxygens (including phenoxy) is 1. The fraction of sp³-hybridized carbons (Fsp3) is 0.600. The van der Waals surface area contributed by atoms with E-state index in [1.807, 2.05) is 24.3 Å². The Bertz CT molecular complexity index is 325. The van der Waals surface area contributed by atoms with E-state index >= 15 is 0 Å². The lowest BCUT2D eigenvalue weighted by molar-refractivity contribution is 0.0853. The highest BCUT2D eigenvalue weighted by Crippen LogP contribution is 2.28. The van der Waals surface area contributed by atoms with Crippen LogP contribution >= 0.6 is 0 Å². The number of benzene rings is 1. The van der Waals surface area contributed by atoms with Crippen LogP contribution in [0.5, 0.6) is 5.75 Å². The summed E-state index contributed by atoms with van der Waals surface area (Å²) in [6.07, 6.45) is 5.50. The topological polar surface area (TPSA) is 29.5 Å². The molecule has 2 nitrogen and oxygen atoms in total. The van der Waals surface area contributed by atoms with Crippen molar-refractivity contribution >= 4 is 0 Å². The summed E-state index contributed by atoms with van der Waals surface area (Å²) in [5.41, 5.74) is 1.24. The van der Waals surface area contributed by atoms with Crippen LogP contribution < -0.4 is 4.74 Å². The molecule has 1 aliphatic rings. The number of aliphatic hydroxyl groups is 1. The SMILES string of the molecule is Cc1ccc(OCCC(O)C2CCCC2)cc1. The minimum Gasteiger partial charge on any atom is -0.493 e. The second kappa shape index (κ2) is 6.06. The van der Waals surface area contributed by atoms with Crippen molar-refractivity contribution in [3.8, 4) is 5.75 Å². The Morgan fingerprint density at radius 2 is 1.88 bits per heavy atom. The Hall–Kier alpha value is -1.02. The highest BCUT2D eigenvalue weighted by atomic mass is 16.5. The van der Waals surface area contributed by atoms with Gasteiger partial charge in [0.15, 0.2) is 0 Å². The molecule has 2 heteroatoms. The van der Waals surface area contributed by atoms with Gasteiger partial charge in [-0.1, -0.05) is 30.5 Å². The third-order valence-electron chi connectivity index (χ3n) is 3.65. The third kappa shape index (κ3) is 3.74. The number of aliphatic hydroxyl groups excluding tert-OH is 1. The van der Waals surface area contributed by atoms with Gasteiger partial charge in [-0.25, -0.2) is 0 Å². The van der Waals surface area contributed by atoms with E-state index in [0.717, 1.165) is 12.2 Å². The Balaban J connectivity index is 1.70. The van der Waals surface area contributed by atoms with Crippen LogP contribution in [-0.4, -0.2) is 17.8 Å². The first-order valence-corrected chi connectivity index (χ1v) is 6.63. The average Bonchev–Trinajstić information content (AvgIpc) is 2.85. The van der Waals surface area contributed by atoms with Crippen molar-refractivity contribution in [3.63, 3.8) is 0 Å². The van der Waals surface area contributed by atoms with E-state index in [1.54, 1.807) is 0 Å². The molecule has 0 aromatic heterocycles. The predicted octanol–water partition coefficient (Wildman–Crippen LogP) is 3.32. The molecule has 0 heterocycles. The van der Waals surface area contributed by atoms with Gasteiger partial charge in [-0.05, 0) is 37.8 Å². The van der Waals surface area contributed by atoms with Gasteiger partial charge < -0.3 is 9.84 Å². The largest absolute Gasteiger partial charge is 0.493 e. The van der Waals surface area contributed by atoms with Gasteiger partial charge in [0.25, 0.3) is 0 Å². The lowest BCUT2D eigenvalue weighted by atomic mass is 9.99. The number of aryl methyl sites for hydroxylation is 1. The van der Waals surface area contributed by atoms with Crippen LogP contribution in [0, 0.1) is 12.8 Å². The molecular formula is C15H22O2. The van der Waals surface area contributed by atoms with E-state index < -0.39 is 0 Å². The Labute approximate surface area is 104 Å². The molecule has 1 N–H and O–H groups in total. The van der Waals surface area contributed by atoms with Gasteiger partial charge >= 0.3 is 0 Å². The smallest absolute Gasteiger partial charge is 0.119 e. The van der Waals surface area contributed by atoms with Gasteiger partial charge in [-0.3, -0.25) is 0 Å². The van der Waals surface area contributed by atoms with E-state index in [4.69, 9.17) is 4.74 Å². The van der Waals surface area contributed by atoms with E-state index in [-0.39, 0.29) is 6.10 Å². The second-order valence-electron chi connectivity index (χ2n) is 5.06. The maximum atomic E-state index is 9.99. The monoisotopic (exact) mass is 234 g/mol. The molecule has 0 amide bonds. The zero-order valence-corrected chi connectivity index (χ0v) is 10.6. The molecule has 0 saturated heterocycles. The number of hydrogen-bond acceptors (Lipinski definition) is 2. The van der Waals surface area contributed by atoms with Crippen molar-refractivity contribution in [2.75, 3.05) is 6.61 Å². The molecule has 1 unspecified atom stereocenters. The molecule has 2 rings (SSSR count). The molecule has 1 saturated carbocycles. The van der Waals surface area contributed by atoms with Crippen molar-refractivity contribution in [1.82, 2.24) is 0 Å². The molecular weight excluding hydrogens is 212 g/mol. The summed E-state index contributed by atoms with van der Waals surface area (Å²) in [7, 11) is 0. The van der Waals surface area contributed by atoms with Crippen molar-refractivity contribution in [1.29, 1.82) is 0 Å². The predicted molar refractivity (Wildman–Crippen MR) is 69.3 cm³/mol. The molecule has 1 aromatic carbocycles.